The second-order valence-corrected chi connectivity index (χ2v) is 6.21. The van der Waals surface area contributed by atoms with Crippen LogP contribution < -0.4 is 10.1 Å². The normalized spacial score (nSPS) is 14.8. The molecule has 1 aromatic heterocycles. The fourth-order valence-corrected chi connectivity index (χ4v) is 2.78. The molecule has 26 heavy (non-hydrogen) atoms. The lowest BCUT2D eigenvalue weighted by Crippen LogP contribution is -2.47. The predicted molar refractivity (Wildman–Crippen MR) is 98.6 cm³/mol. The fraction of sp³-hybridized carbons (Fsp3) is 0.316. The molecular formula is C19H22N4O3. The van der Waals surface area contributed by atoms with Gasteiger partial charge in [-0.25, -0.2) is 0 Å². The molecule has 0 saturated carbocycles. The highest BCUT2D eigenvalue weighted by Gasteiger charge is 2.21. The van der Waals surface area contributed by atoms with E-state index < -0.39 is 0 Å². The lowest BCUT2D eigenvalue weighted by molar-refractivity contribution is 0.0664. The number of carbonyl (C=O) groups excluding carboxylic acids is 2. The lowest BCUT2D eigenvalue weighted by Gasteiger charge is -2.32. The Morgan fingerprint density at radius 3 is 2.62 bits per heavy atom. The molecule has 0 spiro atoms. The monoisotopic (exact) mass is 354 g/mol. The third-order valence-electron chi connectivity index (χ3n) is 4.36. The van der Waals surface area contributed by atoms with Gasteiger partial charge in [0.25, 0.3) is 11.8 Å². The predicted octanol–water partition coefficient (Wildman–Crippen LogP) is 1.73. The Bertz CT molecular complexity index is 801. The Balaban J connectivity index is 1.71. The number of carbonyl (C=O) groups is 2. The minimum absolute atomic E-state index is 0.0732. The molecule has 1 aromatic carbocycles. The number of nitrogens with one attached hydrogen (secondary N) is 1. The lowest BCUT2D eigenvalue weighted by atomic mass is 10.1. The van der Waals surface area contributed by atoms with Gasteiger partial charge in [0.2, 0.25) is 0 Å². The maximum absolute atomic E-state index is 12.7. The third-order valence-corrected chi connectivity index (χ3v) is 4.36. The number of piperazine rings is 1. The molecule has 0 atom stereocenters. The average Bonchev–Trinajstić information content (AvgIpc) is 2.68. The molecule has 7 nitrogen and oxygen atoms in total. The van der Waals surface area contributed by atoms with Gasteiger partial charge in [-0.05, 0) is 31.3 Å². The molecule has 1 aliphatic rings. The molecule has 1 aliphatic heterocycles. The van der Waals surface area contributed by atoms with Gasteiger partial charge in [-0.15, -0.1) is 0 Å². The van der Waals surface area contributed by atoms with Crippen molar-refractivity contribution >= 4 is 17.5 Å². The zero-order chi connectivity index (χ0) is 18.5. The number of rotatable bonds is 4. The van der Waals surface area contributed by atoms with Crippen LogP contribution in [0.1, 0.15) is 20.8 Å². The number of hydrogen-bond acceptors (Lipinski definition) is 5. The Kier molecular flexibility index (Phi) is 5.48. The summed E-state index contributed by atoms with van der Waals surface area (Å²) in [6.45, 7) is 3.06. The zero-order valence-electron chi connectivity index (χ0n) is 14.9. The molecule has 2 heterocycles. The van der Waals surface area contributed by atoms with Gasteiger partial charge in [0.1, 0.15) is 11.4 Å². The Labute approximate surface area is 152 Å². The minimum Gasteiger partial charge on any atom is -0.497 e. The van der Waals surface area contributed by atoms with Crippen LogP contribution in [0.3, 0.4) is 0 Å². The number of amides is 2. The Morgan fingerprint density at radius 1 is 1.12 bits per heavy atom. The molecule has 2 amide bonds. The molecule has 2 aromatic rings. The molecule has 136 valence electrons. The van der Waals surface area contributed by atoms with Crippen LogP contribution in [0.2, 0.25) is 0 Å². The SMILES string of the molecule is COc1cccc(NC(=O)c2cc(C(=O)N3CCN(C)CC3)ccn2)c1. The summed E-state index contributed by atoms with van der Waals surface area (Å²) in [4.78, 5) is 33.2. The Morgan fingerprint density at radius 2 is 1.88 bits per heavy atom. The number of aromatic nitrogens is 1. The number of nitrogens with zero attached hydrogens (tertiary/aromatic N) is 3. The maximum Gasteiger partial charge on any atom is 0.274 e. The van der Waals surface area contributed by atoms with Crippen LogP contribution in [0, 0.1) is 0 Å². The number of benzene rings is 1. The van der Waals surface area contributed by atoms with Gasteiger partial charge in [-0.3, -0.25) is 14.6 Å². The quantitative estimate of drug-likeness (QED) is 0.905. The van der Waals surface area contributed by atoms with Crippen LogP contribution in [0.25, 0.3) is 0 Å². The van der Waals surface area contributed by atoms with Gasteiger partial charge < -0.3 is 19.9 Å². The molecule has 0 bridgehead atoms. The van der Waals surface area contributed by atoms with Crippen LogP contribution in [-0.4, -0.2) is 66.9 Å². The van der Waals surface area contributed by atoms with E-state index in [9.17, 15) is 9.59 Å². The van der Waals surface area contributed by atoms with Crippen molar-refractivity contribution in [2.24, 2.45) is 0 Å². The van der Waals surface area contributed by atoms with E-state index >= 15 is 0 Å². The standard InChI is InChI=1S/C19H22N4O3/c1-22-8-10-23(11-9-22)19(25)14-6-7-20-17(12-14)18(24)21-15-4-3-5-16(13-15)26-2/h3-7,12-13H,8-11H2,1-2H3,(H,21,24). The maximum atomic E-state index is 12.7. The van der Waals surface area contributed by atoms with Crippen LogP contribution >= 0.6 is 0 Å². The van der Waals surface area contributed by atoms with Gasteiger partial charge in [0, 0.05) is 49.7 Å². The summed E-state index contributed by atoms with van der Waals surface area (Å²) in [5.41, 5.74) is 1.28. The number of anilines is 1. The van der Waals surface area contributed by atoms with E-state index in [0.717, 1.165) is 13.1 Å². The first-order valence-electron chi connectivity index (χ1n) is 8.46. The van der Waals surface area contributed by atoms with Crippen LogP contribution in [0.4, 0.5) is 5.69 Å². The van der Waals surface area contributed by atoms with Gasteiger partial charge in [0.15, 0.2) is 0 Å². The van der Waals surface area contributed by atoms with Crippen LogP contribution in [0.15, 0.2) is 42.6 Å². The molecule has 1 N–H and O–H groups in total. The summed E-state index contributed by atoms with van der Waals surface area (Å²) in [5, 5.41) is 2.77. The van der Waals surface area contributed by atoms with Crippen molar-refractivity contribution in [3.05, 3.63) is 53.9 Å². The van der Waals surface area contributed by atoms with Crippen molar-refractivity contribution in [2.45, 2.75) is 0 Å². The van der Waals surface area contributed by atoms with E-state index in [1.165, 1.54) is 12.3 Å². The van der Waals surface area contributed by atoms with Crippen LogP contribution in [0.5, 0.6) is 5.75 Å². The van der Waals surface area contributed by atoms with E-state index in [1.807, 2.05) is 7.05 Å². The van der Waals surface area contributed by atoms with E-state index in [-0.39, 0.29) is 17.5 Å². The Hall–Kier alpha value is -2.93. The summed E-state index contributed by atoms with van der Waals surface area (Å²) in [5.74, 6) is 0.206. The van der Waals surface area contributed by atoms with E-state index in [4.69, 9.17) is 4.74 Å². The van der Waals surface area contributed by atoms with Gasteiger partial charge >= 0.3 is 0 Å². The average molecular weight is 354 g/mol. The molecule has 7 heteroatoms. The van der Waals surface area contributed by atoms with E-state index in [1.54, 1.807) is 42.3 Å². The number of methoxy groups -OCH3 is 1. The van der Waals surface area contributed by atoms with Crippen molar-refractivity contribution in [1.82, 2.24) is 14.8 Å². The van der Waals surface area contributed by atoms with Crippen molar-refractivity contribution in [3.63, 3.8) is 0 Å². The molecule has 1 saturated heterocycles. The van der Waals surface area contributed by atoms with Crippen LogP contribution in [-0.2, 0) is 0 Å². The fourth-order valence-electron chi connectivity index (χ4n) is 2.78. The molecule has 1 fully saturated rings. The molecule has 0 unspecified atom stereocenters. The topological polar surface area (TPSA) is 74.8 Å². The van der Waals surface area contributed by atoms with Gasteiger partial charge in [-0.1, -0.05) is 6.07 Å². The number of ether oxygens (including phenoxy) is 1. The second-order valence-electron chi connectivity index (χ2n) is 6.21. The first kappa shape index (κ1) is 17.9. The first-order valence-corrected chi connectivity index (χ1v) is 8.46. The van der Waals surface area contributed by atoms with Gasteiger partial charge in [0.05, 0.1) is 7.11 Å². The summed E-state index contributed by atoms with van der Waals surface area (Å²) < 4.78 is 5.15. The summed E-state index contributed by atoms with van der Waals surface area (Å²) >= 11 is 0. The van der Waals surface area contributed by atoms with Gasteiger partial charge in [-0.2, -0.15) is 0 Å². The number of hydrogen-bond donors (Lipinski definition) is 1. The largest absolute Gasteiger partial charge is 0.497 e. The first-order chi connectivity index (χ1) is 12.6. The number of pyridine rings is 1. The summed E-state index contributed by atoms with van der Waals surface area (Å²) in [6.07, 6.45) is 1.49. The van der Waals surface area contributed by atoms with Crippen molar-refractivity contribution < 1.29 is 14.3 Å². The van der Waals surface area contributed by atoms with E-state index in [2.05, 4.69) is 15.2 Å². The minimum atomic E-state index is -0.369. The highest BCUT2D eigenvalue weighted by Crippen LogP contribution is 2.17. The zero-order valence-corrected chi connectivity index (χ0v) is 14.9. The third kappa shape index (κ3) is 4.18. The van der Waals surface area contributed by atoms with Crippen molar-refractivity contribution in [1.29, 1.82) is 0 Å². The summed E-state index contributed by atoms with van der Waals surface area (Å²) in [6, 6.07) is 10.2. The van der Waals surface area contributed by atoms with Crippen molar-refractivity contribution in [3.8, 4) is 5.75 Å². The summed E-state index contributed by atoms with van der Waals surface area (Å²) in [7, 11) is 3.60. The molecule has 3 rings (SSSR count). The second kappa shape index (κ2) is 7.97. The highest BCUT2D eigenvalue weighted by atomic mass is 16.5. The smallest absolute Gasteiger partial charge is 0.274 e. The number of likely N-dealkylation sites (N-methyl/N-ethyl adjacent to an activating group) is 1. The molecular weight excluding hydrogens is 332 g/mol. The van der Waals surface area contributed by atoms with E-state index in [0.29, 0.717) is 30.1 Å². The molecule has 0 radical (unpaired) electrons. The highest BCUT2D eigenvalue weighted by molar-refractivity contribution is 6.04. The molecule has 0 aliphatic carbocycles. The van der Waals surface area contributed by atoms with Crippen molar-refractivity contribution in [2.75, 3.05) is 45.7 Å².